The second kappa shape index (κ2) is 4.35. The van der Waals surface area contributed by atoms with E-state index in [2.05, 4.69) is 37.7 Å². The van der Waals surface area contributed by atoms with E-state index in [4.69, 9.17) is 4.74 Å². The number of methoxy groups -OCH3 is 1. The average Bonchev–Trinajstić information content (AvgIpc) is 2.59. The first-order valence-electron chi connectivity index (χ1n) is 4.95. The van der Waals surface area contributed by atoms with Crippen molar-refractivity contribution in [3.8, 4) is 5.75 Å². The topological polar surface area (TPSA) is 38.3 Å². The van der Waals surface area contributed by atoms with E-state index >= 15 is 0 Å². The van der Waals surface area contributed by atoms with Crippen molar-refractivity contribution in [2.75, 3.05) is 25.1 Å². The highest BCUT2D eigenvalue weighted by atomic mass is 79.9. The van der Waals surface area contributed by atoms with Gasteiger partial charge in [0.2, 0.25) is 0 Å². The van der Waals surface area contributed by atoms with Gasteiger partial charge in [-0.25, -0.2) is 9.97 Å². The highest BCUT2D eigenvalue weighted by molar-refractivity contribution is 9.09. The van der Waals surface area contributed by atoms with E-state index in [0.717, 1.165) is 24.7 Å². The number of ether oxygens (including phenoxy) is 1. The summed E-state index contributed by atoms with van der Waals surface area (Å²) in [6.45, 7) is 4.20. The highest BCUT2D eigenvalue weighted by Gasteiger charge is 2.29. The Hall–Kier alpha value is -0.840. The maximum Gasteiger partial charge on any atom is 0.179 e. The molecule has 1 aromatic heterocycles. The van der Waals surface area contributed by atoms with Crippen LogP contribution in [0.5, 0.6) is 5.75 Å². The standard InChI is InChI=1S/C10H14BrN3O/c1-7-4-14(5-8(7)11)10-9(15-2)3-12-6-13-10/h3,6-8H,4-5H2,1-2H3. The molecule has 1 aromatic rings. The molecule has 2 heterocycles. The average molecular weight is 272 g/mol. The Labute approximate surface area is 97.8 Å². The van der Waals surface area contributed by atoms with Gasteiger partial charge in [0.05, 0.1) is 13.3 Å². The minimum absolute atomic E-state index is 0.525. The molecule has 0 spiro atoms. The zero-order valence-corrected chi connectivity index (χ0v) is 10.4. The van der Waals surface area contributed by atoms with E-state index in [1.807, 2.05) is 0 Å². The summed E-state index contributed by atoms with van der Waals surface area (Å²) in [5.41, 5.74) is 0. The molecule has 0 aromatic carbocycles. The predicted octanol–water partition coefficient (Wildman–Crippen LogP) is 1.70. The van der Waals surface area contributed by atoms with Gasteiger partial charge in [-0.1, -0.05) is 22.9 Å². The van der Waals surface area contributed by atoms with Crippen LogP contribution in [0.25, 0.3) is 0 Å². The fourth-order valence-corrected chi connectivity index (χ4v) is 2.31. The van der Waals surface area contributed by atoms with Crippen molar-refractivity contribution in [3.05, 3.63) is 12.5 Å². The SMILES string of the molecule is COc1cncnc1N1CC(C)C(Br)C1. The van der Waals surface area contributed by atoms with Crippen LogP contribution >= 0.6 is 15.9 Å². The van der Waals surface area contributed by atoms with Crippen molar-refractivity contribution in [3.63, 3.8) is 0 Å². The number of nitrogens with zero attached hydrogens (tertiary/aromatic N) is 3. The van der Waals surface area contributed by atoms with Gasteiger partial charge in [0.15, 0.2) is 11.6 Å². The van der Waals surface area contributed by atoms with Crippen molar-refractivity contribution in [1.29, 1.82) is 0 Å². The van der Waals surface area contributed by atoms with Crippen LogP contribution in [0.4, 0.5) is 5.82 Å². The van der Waals surface area contributed by atoms with Gasteiger partial charge in [-0.3, -0.25) is 0 Å². The second-order valence-corrected chi connectivity index (χ2v) is 4.99. The maximum absolute atomic E-state index is 5.25. The Morgan fingerprint density at radius 1 is 1.53 bits per heavy atom. The monoisotopic (exact) mass is 271 g/mol. The summed E-state index contributed by atoms with van der Waals surface area (Å²) in [6.07, 6.45) is 3.26. The quantitative estimate of drug-likeness (QED) is 0.768. The number of hydrogen-bond donors (Lipinski definition) is 0. The van der Waals surface area contributed by atoms with Crippen LogP contribution in [0, 0.1) is 5.92 Å². The second-order valence-electron chi connectivity index (χ2n) is 3.81. The molecule has 0 amide bonds. The Morgan fingerprint density at radius 3 is 2.93 bits per heavy atom. The van der Waals surface area contributed by atoms with Crippen molar-refractivity contribution in [2.24, 2.45) is 5.92 Å². The molecule has 4 nitrogen and oxygen atoms in total. The molecule has 15 heavy (non-hydrogen) atoms. The van der Waals surface area contributed by atoms with Crippen LogP contribution in [0.1, 0.15) is 6.92 Å². The minimum atomic E-state index is 0.525. The minimum Gasteiger partial charge on any atom is -0.491 e. The number of halogens is 1. The van der Waals surface area contributed by atoms with Gasteiger partial charge in [0.1, 0.15) is 6.33 Å². The first kappa shape index (κ1) is 10.7. The van der Waals surface area contributed by atoms with E-state index in [1.54, 1.807) is 19.6 Å². The third kappa shape index (κ3) is 2.07. The van der Waals surface area contributed by atoms with E-state index in [9.17, 15) is 0 Å². The van der Waals surface area contributed by atoms with Gasteiger partial charge in [0, 0.05) is 17.9 Å². The van der Waals surface area contributed by atoms with Crippen LogP contribution in [0.3, 0.4) is 0 Å². The number of hydrogen-bond acceptors (Lipinski definition) is 4. The molecular formula is C10H14BrN3O. The number of anilines is 1. The van der Waals surface area contributed by atoms with E-state index in [-0.39, 0.29) is 0 Å². The van der Waals surface area contributed by atoms with Crippen molar-refractivity contribution >= 4 is 21.7 Å². The normalized spacial score (nSPS) is 25.7. The molecule has 2 rings (SSSR count). The van der Waals surface area contributed by atoms with Gasteiger partial charge in [-0.05, 0) is 5.92 Å². The van der Waals surface area contributed by atoms with Crippen LogP contribution < -0.4 is 9.64 Å². The molecule has 1 aliphatic rings. The molecule has 1 saturated heterocycles. The number of aromatic nitrogens is 2. The first-order valence-corrected chi connectivity index (χ1v) is 5.87. The Bertz CT molecular complexity index is 337. The van der Waals surface area contributed by atoms with Crippen molar-refractivity contribution in [1.82, 2.24) is 9.97 Å². The van der Waals surface area contributed by atoms with Crippen molar-refractivity contribution in [2.45, 2.75) is 11.8 Å². The number of rotatable bonds is 2. The summed E-state index contributed by atoms with van der Waals surface area (Å²) in [5.74, 6) is 2.26. The molecule has 1 aliphatic heterocycles. The van der Waals surface area contributed by atoms with Crippen LogP contribution in [0.2, 0.25) is 0 Å². The van der Waals surface area contributed by atoms with Crippen LogP contribution in [-0.2, 0) is 0 Å². The van der Waals surface area contributed by atoms with Gasteiger partial charge in [-0.2, -0.15) is 0 Å². The fourth-order valence-electron chi connectivity index (χ4n) is 1.79. The summed E-state index contributed by atoms with van der Waals surface area (Å²) in [7, 11) is 1.65. The van der Waals surface area contributed by atoms with Crippen LogP contribution in [-0.4, -0.2) is 35.0 Å². The molecular weight excluding hydrogens is 258 g/mol. The lowest BCUT2D eigenvalue weighted by atomic mass is 10.2. The molecule has 0 aliphatic carbocycles. The van der Waals surface area contributed by atoms with Gasteiger partial charge in [-0.15, -0.1) is 0 Å². The molecule has 2 atom stereocenters. The zero-order chi connectivity index (χ0) is 10.8. The summed E-state index contributed by atoms with van der Waals surface area (Å²) < 4.78 is 5.25. The van der Waals surface area contributed by atoms with Crippen molar-refractivity contribution < 1.29 is 4.74 Å². The Morgan fingerprint density at radius 2 is 2.33 bits per heavy atom. The molecule has 0 saturated carbocycles. The van der Waals surface area contributed by atoms with E-state index < -0.39 is 0 Å². The molecule has 5 heteroatoms. The number of alkyl halides is 1. The van der Waals surface area contributed by atoms with Gasteiger partial charge in [0.25, 0.3) is 0 Å². The lowest BCUT2D eigenvalue weighted by molar-refractivity contribution is 0.410. The highest BCUT2D eigenvalue weighted by Crippen LogP contribution is 2.31. The summed E-state index contributed by atoms with van der Waals surface area (Å²) in [4.78, 5) is 11.0. The summed E-state index contributed by atoms with van der Waals surface area (Å²) in [5, 5.41) is 0. The van der Waals surface area contributed by atoms with Gasteiger partial charge >= 0.3 is 0 Å². The van der Waals surface area contributed by atoms with Crippen LogP contribution in [0.15, 0.2) is 12.5 Å². The Kier molecular flexibility index (Phi) is 3.09. The molecule has 2 unspecified atom stereocenters. The molecule has 82 valence electrons. The van der Waals surface area contributed by atoms with Gasteiger partial charge < -0.3 is 9.64 Å². The zero-order valence-electron chi connectivity index (χ0n) is 8.85. The lowest BCUT2D eigenvalue weighted by Gasteiger charge is -2.18. The Balaban J connectivity index is 2.23. The largest absolute Gasteiger partial charge is 0.491 e. The lowest BCUT2D eigenvalue weighted by Crippen LogP contribution is -2.21. The summed E-state index contributed by atoms with van der Waals surface area (Å²) >= 11 is 3.66. The maximum atomic E-state index is 5.25. The molecule has 0 bridgehead atoms. The first-order chi connectivity index (χ1) is 7.22. The van der Waals surface area contributed by atoms with E-state index in [1.165, 1.54) is 0 Å². The third-order valence-corrected chi connectivity index (χ3v) is 3.89. The molecule has 1 fully saturated rings. The molecule has 0 N–H and O–H groups in total. The predicted molar refractivity (Wildman–Crippen MR) is 62.7 cm³/mol. The third-order valence-electron chi connectivity index (χ3n) is 2.70. The van der Waals surface area contributed by atoms with E-state index in [0.29, 0.717) is 10.7 Å². The summed E-state index contributed by atoms with van der Waals surface area (Å²) in [6, 6.07) is 0. The molecule has 0 radical (unpaired) electrons. The fraction of sp³-hybridized carbons (Fsp3) is 0.600. The smallest absolute Gasteiger partial charge is 0.179 e.